The summed E-state index contributed by atoms with van der Waals surface area (Å²) >= 11 is 0. The summed E-state index contributed by atoms with van der Waals surface area (Å²) in [5.41, 5.74) is 1.92. The Balaban J connectivity index is 1.91. The van der Waals surface area contributed by atoms with Crippen LogP contribution in [0.15, 0.2) is 39.0 Å². The summed E-state index contributed by atoms with van der Waals surface area (Å²) in [6, 6.07) is 5.63. The molecule has 0 radical (unpaired) electrons. The summed E-state index contributed by atoms with van der Waals surface area (Å²) in [7, 11) is 0. The SMILES string of the molecule is C/C(=N\NC(=O)CNc1n[nH]c(=O)[nH]c1=O)c1ccc(F)cc1. The molecule has 1 aromatic carbocycles. The summed E-state index contributed by atoms with van der Waals surface area (Å²) in [6.45, 7) is 1.37. The molecule has 120 valence electrons. The van der Waals surface area contributed by atoms with E-state index in [9.17, 15) is 18.8 Å². The molecule has 0 unspecified atom stereocenters. The maximum absolute atomic E-state index is 12.8. The third-order valence-electron chi connectivity index (χ3n) is 2.74. The number of carbonyl (C=O) groups excluding carboxylic acids is 1. The van der Waals surface area contributed by atoms with E-state index in [-0.39, 0.29) is 18.2 Å². The Hall–Kier alpha value is -3.30. The number of aromatic amines is 2. The van der Waals surface area contributed by atoms with Crippen LogP contribution in [0.4, 0.5) is 10.2 Å². The van der Waals surface area contributed by atoms with Crippen molar-refractivity contribution in [3.63, 3.8) is 0 Å². The van der Waals surface area contributed by atoms with Gasteiger partial charge in [-0.1, -0.05) is 12.1 Å². The van der Waals surface area contributed by atoms with Crippen LogP contribution in [0.25, 0.3) is 0 Å². The summed E-state index contributed by atoms with van der Waals surface area (Å²) in [4.78, 5) is 35.7. The minimum Gasteiger partial charge on any atom is -0.355 e. The van der Waals surface area contributed by atoms with E-state index in [1.807, 2.05) is 10.1 Å². The molecule has 0 aliphatic rings. The van der Waals surface area contributed by atoms with Crippen molar-refractivity contribution in [1.29, 1.82) is 0 Å². The second-order valence-electron chi connectivity index (χ2n) is 4.45. The fourth-order valence-electron chi connectivity index (χ4n) is 1.57. The highest BCUT2D eigenvalue weighted by Gasteiger charge is 2.05. The van der Waals surface area contributed by atoms with Crippen LogP contribution in [0.3, 0.4) is 0 Å². The summed E-state index contributed by atoms with van der Waals surface area (Å²) in [5, 5.41) is 11.8. The predicted octanol–water partition coefficient (Wildman–Crippen LogP) is -0.450. The molecule has 2 aromatic rings. The van der Waals surface area contributed by atoms with E-state index in [0.717, 1.165) is 0 Å². The number of nitrogens with zero attached hydrogens (tertiary/aromatic N) is 2. The molecule has 0 saturated carbocycles. The van der Waals surface area contributed by atoms with Gasteiger partial charge in [0.25, 0.3) is 11.5 Å². The average molecular weight is 320 g/mol. The molecule has 9 nitrogen and oxygen atoms in total. The number of halogens is 1. The second-order valence-corrected chi connectivity index (χ2v) is 4.45. The highest BCUT2D eigenvalue weighted by Crippen LogP contribution is 2.03. The van der Waals surface area contributed by atoms with Crippen molar-refractivity contribution in [2.75, 3.05) is 11.9 Å². The molecule has 0 fully saturated rings. The van der Waals surface area contributed by atoms with Crippen LogP contribution in [0.1, 0.15) is 12.5 Å². The Morgan fingerprint density at radius 2 is 2.00 bits per heavy atom. The molecule has 0 aliphatic heterocycles. The summed E-state index contributed by atoms with van der Waals surface area (Å²) in [5.74, 6) is -1.09. The van der Waals surface area contributed by atoms with Gasteiger partial charge in [-0.2, -0.15) is 5.10 Å². The van der Waals surface area contributed by atoms with E-state index in [4.69, 9.17) is 0 Å². The molecule has 1 aromatic heterocycles. The van der Waals surface area contributed by atoms with Gasteiger partial charge in [-0.05, 0) is 24.6 Å². The minimum atomic E-state index is -0.746. The first-order valence-electron chi connectivity index (χ1n) is 6.47. The summed E-state index contributed by atoms with van der Waals surface area (Å²) < 4.78 is 12.8. The highest BCUT2D eigenvalue weighted by atomic mass is 19.1. The number of amides is 1. The van der Waals surface area contributed by atoms with Gasteiger partial charge in [-0.3, -0.25) is 14.6 Å². The van der Waals surface area contributed by atoms with E-state index in [1.165, 1.54) is 24.3 Å². The zero-order valence-corrected chi connectivity index (χ0v) is 12.0. The fraction of sp³-hybridized carbons (Fsp3) is 0.154. The Morgan fingerprint density at radius 1 is 1.30 bits per heavy atom. The van der Waals surface area contributed by atoms with Crippen molar-refractivity contribution in [3.8, 4) is 0 Å². The van der Waals surface area contributed by atoms with Crippen molar-refractivity contribution in [3.05, 3.63) is 56.5 Å². The third kappa shape index (κ3) is 4.59. The molecule has 1 heterocycles. The maximum atomic E-state index is 12.8. The van der Waals surface area contributed by atoms with Crippen molar-refractivity contribution in [1.82, 2.24) is 20.6 Å². The van der Waals surface area contributed by atoms with Gasteiger partial charge in [0, 0.05) is 0 Å². The lowest BCUT2D eigenvalue weighted by atomic mass is 10.1. The number of carbonyl (C=O) groups is 1. The topological polar surface area (TPSA) is 132 Å². The molecule has 23 heavy (non-hydrogen) atoms. The third-order valence-corrected chi connectivity index (χ3v) is 2.74. The zero-order chi connectivity index (χ0) is 16.8. The molecular weight excluding hydrogens is 307 g/mol. The first-order valence-corrected chi connectivity index (χ1v) is 6.47. The first-order chi connectivity index (χ1) is 11.0. The number of hydrogen-bond donors (Lipinski definition) is 4. The molecule has 0 spiro atoms. The molecule has 0 aliphatic carbocycles. The molecule has 10 heteroatoms. The van der Waals surface area contributed by atoms with Crippen LogP contribution >= 0.6 is 0 Å². The van der Waals surface area contributed by atoms with E-state index < -0.39 is 17.2 Å². The van der Waals surface area contributed by atoms with Crippen LogP contribution in [0.2, 0.25) is 0 Å². The van der Waals surface area contributed by atoms with Gasteiger partial charge in [0.1, 0.15) is 5.82 Å². The molecular formula is C13H13FN6O3. The number of H-pyrrole nitrogens is 2. The Labute approximate surface area is 128 Å². The molecule has 0 saturated heterocycles. The van der Waals surface area contributed by atoms with Crippen molar-refractivity contribution >= 4 is 17.4 Å². The molecule has 2 rings (SSSR count). The van der Waals surface area contributed by atoms with Gasteiger partial charge in [-0.25, -0.2) is 19.7 Å². The number of nitrogens with one attached hydrogen (secondary N) is 4. The van der Waals surface area contributed by atoms with Gasteiger partial charge < -0.3 is 5.32 Å². The average Bonchev–Trinajstić information content (AvgIpc) is 2.52. The number of rotatable bonds is 5. The number of aromatic nitrogens is 3. The smallest absolute Gasteiger partial charge is 0.342 e. The minimum absolute atomic E-state index is 0.195. The van der Waals surface area contributed by atoms with Gasteiger partial charge in [-0.15, -0.1) is 5.10 Å². The normalized spacial score (nSPS) is 11.1. The van der Waals surface area contributed by atoms with Crippen LogP contribution in [-0.4, -0.2) is 33.3 Å². The second kappa shape index (κ2) is 7.11. The molecule has 0 atom stereocenters. The van der Waals surface area contributed by atoms with Crippen LogP contribution in [-0.2, 0) is 4.79 Å². The van der Waals surface area contributed by atoms with E-state index in [0.29, 0.717) is 11.3 Å². The fourth-order valence-corrected chi connectivity index (χ4v) is 1.57. The predicted molar refractivity (Wildman–Crippen MR) is 80.7 cm³/mol. The molecule has 1 amide bonds. The first kappa shape index (κ1) is 16.1. The standard InChI is InChI=1S/C13H13FN6O3/c1-7(8-2-4-9(14)5-3-8)17-18-10(21)6-15-11-12(22)16-13(23)20-19-11/h2-5H,6H2,1H3,(H,15,19)(H,18,21)(H2,16,20,22,23)/b17-7+. The number of hydrazone groups is 1. The molecule has 4 N–H and O–H groups in total. The van der Waals surface area contributed by atoms with Crippen molar-refractivity contribution in [2.24, 2.45) is 5.10 Å². The lowest BCUT2D eigenvalue weighted by molar-refractivity contribution is -0.119. The lowest BCUT2D eigenvalue weighted by Crippen LogP contribution is -2.32. The Morgan fingerprint density at radius 3 is 2.65 bits per heavy atom. The number of anilines is 1. The van der Waals surface area contributed by atoms with Crippen molar-refractivity contribution < 1.29 is 9.18 Å². The van der Waals surface area contributed by atoms with Crippen LogP contribution in [0, 0.1) is 5.82 Å². The zero-order valence-electron chi connectivity index (χ0n) is 12.0. The van der Waals surface area contributed by atoms with E-state index in [1.54, 1.807) is 6.92 Å². The van der Waals surface area contributed by atoms with Gasteiger partial charge >= 0.3 is 5.69 Å². The van der Waals surface area contributed by atoms with E-state index in [2.05, 4.69) is 20.9 Å². The number of benzene rings is 1. The summed E-state index contributed by atoms with van der Waals surface area (Å²) in [6.07, 6.45) is 0. The quantitative estimate of drug-likeness (QED) is 0.437. The van der Waals surface area contributed by atoms with E-state index >= 15 is 0 Å². The van der Waals surface area contributed by atoms with Gasteiger partial charge in [0.05, 0.1) is 12.3 Å². The maximum Gasteiger partial charge on any atom is 0.342 e. The highest BCUT2D eigenvalue weighted by molar-refractivity contribution is 5.99. The van der Waals surface area contributed by atoms with Gasteiger partial charge in [0.15, 0.2) is 0 Å². The number of hydrogen-bond acceptors (Lipinski definition) is 6. The van der Waals surface area contributed by atoms with Gasteiger partial charge in [0.2, 0.25) is 5.82 Å². The van der Waals surface area contributed by atoms with Crippen LogP contribution in [0.5, 0.6) is 0 Å². The Kier molecular flexibility index (Phi) is 4.97. The Bertz CT molecular complexity index is 840. The van der Waals surface area contributed by atoms with Crippen molar-refractivity contribution in [2.45, 2.75) is 6.92 Å². The lowest BCUT2D eigenvalue weighted by Gasteiger charge is -2.04. The monoisotopic (exact) mass is 320 g/mol. The largest absolute Gasteiger partial charge is 0.355 e. The van der Waals surface area contributed by atoms with Crippen LogP contribution < -0.4 is 22.0 Å². The molecule has 0 bridgehead atoms.